The van der Waals surface area contributed by atoms with Crippen LogP contribution in [0.15, 0.2) is 118 Å². The first-order valence-corrected chi connectivity index (χ1v) is 9.25. The fraction of sp³-hybridized carbons (Fsp3) is 0. The van der Waals surface area contributed by atoms with Crippen LogP contribution < -0.4 is 34.0 Å². The quantitative estimate of drug-likeness (QED) is 0.203. The molecule has 5 heteroatoms. The van der Waals surface area contributed by atoms with Gasteiger partial charge in [0.05, 0.1) is 24.0 Å². The Kier molecular flexibility index (Phi) is 9.48. The van der Waals surface area contributed by atoms with Crippen LogP contribution in [0.4, 0.5) is 0 Å². The van der Waals surface area contributed by atoms with Gasteiger partial charge in [0.1, 0.15) is 0 Å². The second-order valence-corrected chi connectivity index (χ2v) is 6.70. The van der Waals surface area contributed by atoms with E-state index in [2.05, 4.69) is 48.5 Å². The van der Waals surface area contributed by atoms with Crippen molar-refractivity contribution in [3.05, 3.63) is 110 Å². The Morgan fingerprint density at radius 3 is 1.29 bits per heavy atom. The number of hydrogen-bond acceptors (Lipinski definition) is 2. The summed E-state index contributed by atoms with van der Waals surface area (Å²) >= 11 is 0. The zero-order valence-corrected chi connectivity index (χ0v) is 23.2. The Hall–Kier alpha value is -1.95. The second kappa shape index (κ2) is 11.6. The van der Waals surface area contributed by atoms with Crippen LogP contribution in [0.1, 0.15) is 0 Å². The maximum atomic E-state index is 5.35. The van der Waals surface area contributed by atoms with E-state index in [9.17, 15) is 0 Å². The molecule has 152 valence electrons. The van der Waals surface area contributed by atoms with Crippen LogP contribution >= 0.6 is 0 Å². The van der Waals surface area contributed by atoms with Crippen LogP contribution in [-0.4, -0.2) is 0 Å². The summed E-state index contributed by atoms with van der Waals surface area (Å²) in [4.78, 5) is 0. The molecule has 0 aliphatic heterocycles. The molecule has 6 rings (SSSR count). The van der Waals surface area contributed by atoms with Crippen molar-refractivity contribution < 1.29 is 68.6 Å². The molecule has 0 radical (unpaired) electrons. The van der Waals surface area contributed by atoms with Gasteiger partial charge in [0, 0.05) is 0 Å². The third-order valence-corrected chi connectivity index (χ3v) is 4.85. The molecule has 2 aromatic heterocycles. The Balaban J connectivity index is 0.000000201. The van der Waals surface area contributed by atoms with Crippen LogP contribution in [0.3, 0.4) is 0 Å². The van der Waals surface area contributed by atoms with E-state index in [1.807, 2.05) is 48.5 Å². The van der Waals surface area contributed by atoms with Crippen molar-refractivity contribution in [1.29, 1.82) is 0 Å². The van der Waals surface area contributed by atoms with E-state index in [1.165, 1.54) is 21.5 Å². The van der Waals surface area contributed by atoms with Crippen LogP contribution in [0, 0.1) is 0 Å². The number of furan rings is 2. The normalized spacial score (nSPS) is 9.81. The molecule has 2 nitrogen and oxygen atoms in total. The van der Waals surface area contributed by atoms with Crippen LogP contribution in [0.2, 0.25) is 0 Å². The SMILES string of the molecule is [Br-].[Br-].[Hf+4].c1coc(-c2cc3ccccc3[cH-]2)c1.c1coc(-c2cc3ccccc3[cH-]2)c1. The van der Waals surface area contributed by atoms with Crippen molar-refractivity contribution in [1.82, 2.24) is 0 Å². The number of hydrogen-bond donors (Lipinski definition) is 0. The molecule has 0 saturated heterocycles. The third kappa shape index (κ3) is 5.65. The van der Waals surface area contributed by atoms with Gasteiger partial charge in [0.15, 0.2) is 0 Å². The van der Waals surface area contributed by atoms with E-state index in [4.69, 9.17) is 8.83 Å². The first-order chi connectivity index (χ1) is 13.9. The van der Waals surface area contributed by atoms with Gasteiger partial charge >= 0.3 is 25.8 Å². The Bertz CT molecular complexity index is 1140. The summed E-state index contributed by atoms with van der Waals surface area (Å²) in [6.07, 6.45) is 3.40. The Morgan fingerprint density at radius 2 is 0.935 bits per heavy atom. The average molecular weight is 701 g/mol. The molecule has 0 aliphatic carbocycles. The molecular formula is C26H18Br2HfO2. The van der Waals surface area contributed by atoms with E-state index in [0.29, 0.717) is 0 Å². The van der Waals surface area contributed by atoms with Gasteiger partial charge in [0.2, 0.25) is 0 Å². The molecule has 6 aromatic rings. The molecule has 2 heterocycles. The molecule has 0 N–H and O–H groups in total. The molecule has 0 spiro atoms. The zero-order valence-electron chi connectivity index (χ0n) is 16.5. The van der Waals surface area contributed by atoms with E-state index in [0.717, 1.165) is 22.6 Å². The van der Waals surface area contributed by atoms with E-state index >= 15 is 0 Å². The van der Waals surface area contributed by atoms with Crippen LogP contribution in [0.5, 0.6) is 0 Å². The van der Waals surface area contributed by atoms with Gasteiger partial charge in [-0.25, -0.2) is 0 Å². The van der Waals surface area contributed by atoms with Gasteiger partial charge in [-0.1, -0.05) is 59.7 Å². The largest absolute Gasteiger partial charge is 4.00 e. The summed E-state index contributed by atoms with van der Waals surface area (Å²) in [5.41, 5.74) is 2.30. The number of rotatable bonds is 2. The molecule has 0 amide bonds. The minimum Gasteiger partial charge on any atom is -1.00 e. The van der Waals surface area contributed by atoms with Crippen molar-refractivity contribution >= 4 is 21.5 Å². The van der Waals surface area contributed by atoms with Crippen molar-refractivity contribution in [2.45, 2.75) is 0 Å². The molecule has 0 atom stereocenters. The van der Waals surface area contributed by atoms with Gasteiger partial charge in [-0.05, 0) is 12.1 Å². The molecule has 0 saturated carbocycles. The maximum Gasteiger partial charge on any atom is 4.00 e. The zero-order chi connectivity index (χ0) is 18.8. The van der Waals surface area contributed by atoms with Crippen LogP contribution in [-0.2, 0) is 25.8 Å². The molecule has 0 fully saturated rings. The molecule has 0 bridgehead atoms. The summed E-state index contributed by atoms with van der Waals surface area (Å²) < 4.78 is 10.7. The predicted octanol–water partition coefficient (Wildman–Crippen LogP) is 1.64. The summed E-state index contributed by atoms with van der Waals surface area (Å²) in [6, 6.07) is 33.0. The Labute approximate surface area is 220 Å². The average Bonchev–Trinajstić information content (AvgIpc) is 3.54. The number of halogens is 2. The summed E-state index contributed by atoms with van der Waals surface area (Å²) in [7, 11) is 0. The number of fused-ring (bicyclic) bond motifs is 2. The van der Waals surface area contributed by atoms with Gasteiger partial charge in [0.25, 0.3) is 0 Å². The minimum absolute atomic E-state index is 0. The summed E-state index contributed by atoms with van der Waals surface area (Å²) in [5.74, 6) is 1.86. The van der Waals surface area contributed by atoms with Gasteiger partial charge in [-0.3, -0.25) is 0 Å². The second-order valence-electron chi connectivity index (χ2n) is 6.70. The first-order valence-electron chi connectivity index (χ1n) is 9.25. The van der Waals surface area contributed by atoms with Gasteiger partial charge in [-0.15, -0.1) is 57.9 Å². The van der Waals surface area contributed by atoms with E-state index in [-0.39, 0.29) is 59.8 Å². The fourth-order valence-corrected chi connectivity index (χ4v) is 3.47. The smallest absolute Gasteiger partial charge is 1.00 e. The van der Waals surface area contributed by atoms with Crippen molar-refractivity contribution in [3.63, 3.8) is 0 Å². The fourth-order valence-electron chi connectivity index (χ4n) is 3.47. The summed E-state index contributed by atoms with van der Waals surface area (Å²) in [5, 5.41) is 5.05. The van der Waals surface area contributed by atoms with Crippen molar-refractivity contribution in [2.24, 2.45) is 0 Å². The van der Waals surface area contributed by atoms with Gasteiger partial charge in [-0.2, -0.15) is 0 Å². The van der Waals surface area contributed by atoms with Crippen molar-refractivity contribution in [2.75, 3.05) is 0 Å². The predicted molar refractivity (Wildman–Crippen MR) is 114 cm³/mol. The molecule has 0 aliphatic rings. The molecule has 31 heavy (non-hydrogen) atoms. The molecule has 4 aromatic carbocycles. The maximum absolute atomic E-state index is 5.35. The van der Waals surface area contributed by atoms with Gasteiger partial charge < -0.3 is 42.8 Å². The van der Waals surface area contributed by atoms with E-state index in [1.54, 1.807) is 12.5 Å². The Morgan fingerprint density at radius 1 is 0.516 bits per heavy atom. The summed E-state index contributed by atoms with van der Waals surface area (Å²) in [6.45, 7) is 0. The monoisotopic (exact) mass is 700 g/mol. The first kappa shape index (κ1) is 25.3. The van der Waals surface area contributed by atoms with Crippen LogP contribution in [0.25, 0.3) is 44.2 Å². The third-order valence-electron chi connectivity index (χ3n) is 4.85. The minimum atomic E-state index is 0. The molecule has 0 unspecified atom stereocenters. The number of benzene rings is 2. The van der Waals surface area contributed by atoms with E-state index < -0.39 is 0 Å². The van der Waals surface area contributed by atoms with Crippen molar-refractivity contribution in [3.8, 4) is 22.6 Å². The standard InChI is InChI=1S/2C13H9O.2BrH.Hf/c2*1-2-5-11-9-12(8-10(11)4-1)13-6-3-7-14-13;;;/h2*1-9H;2*1H;/q2*-1;;;+4/p-2. The molecular weight excluding hydrogens is 683 g/mol. The topological polar surface area (TPSA) is 26.3 Å².